The number of halogens is 3. The van der Waals surface area contributed by atoms with E-state index in [0.717, 1.165) is 11.4 Å². The minimum atomic E-state index is -4.83. The average Bonchev–Trinajstić information content (AvgIpc) is 2.95. The first-order chi connectivity index (χ1) is 9.58. The van der Waals surface area contributed by atoms with Crippen LogP contribution in [0.15, 0.2) is 16.3 Å². The Bertz CT molecular complexity index is 646. The van der Waals surface area contributed by atoms with Gasteiger partial charge in [-0.2, -0.15) is 17.9 Å². The van der Waals surface area contributed by atoms with Crippen LogP contribution in [0, 0.1) is 0 Å². The summed E-state index contributed by atoms with van der Waals surface area (Å²) in [5, 5.41) is 10.1. The van der Waals surface area contributed by atoms with Gasteiger partial charge in [0.1, 0.15) is 9.77 Å². The number of nitrogens with one attached hydrogen (secondary N) is 1. The van der Waals surface area contributed by atoms with Gasteiger partial charge < -0.3 is 9.84 Å². The van der Waals surface area contributed by atoms with Gasteiger partial charge >= 0.3 is 12.1 Å². The zero-order valence-electron chi connectivity index (χ0n) is 10.3. The third kappa shape index (κ3) is 3.05. The highest BCUT2D eigenvalue weighted by atomic mass is 32.2. The van der Waals surface area contributed by atoms with Crippen LogP contribution in [0.5, 0.6) is 0 Å². The Morgan fingerprint density at radius 1 is 1.48 bits per heavy atom. The molecule has 0 bridgehead atoms. The number of thiophene rings is 1. The molecule has 21 heavy (non-hydrogen) atoms. The third-order valence-corrected chi connectivity index (χ3v) is 5.60. The van der Waals surface area contributed by atoms with Crippen LogP contribution in [0.3, 0.4) is 0 Å². The Morgan fingerprint density at radius 3 is 2.62 bits per heavy atom. The Kier molecular flexibility index (Phi) is 4.04. The molecule has 1 unspecified atom stereocenters. The van der Waals surface area contributed by atoms with Crippen LogP contribution >= 0.6 is 11.3 Å². The Labute approximate surface area is 121 Å². The molecule has 1 aromatic heterocycles. The van der Waals surface area contributed by atoms with Gasteiger partial charge in [-0.3, -0.25) is 4.79 Å². The van der Waals surface area contributed by atoms with Crippen molar-refractivity contribution in [1.82, 2.24) is 4.72 Å². The van der Waals surface area contributed by atoms with Crippen molar-refractivity contribution in [2.75, 3.05) is 13.2 Å². The van der Waals surface area contributed by atoms with Gasteiger partial charge in [0.05, 0.1) is 6.61 Å². The zero-order valence-corrected chi connectivity index (χ0v) is 11.9. The summed E-state index contributed by atoms with van der Waals surface area (Å²) in [5.74, 6) is -1.49. The smallest absolute Gasteiger partial charge is 0.426 e. The van der Waals surface area contributed by atoms with Gasteiger partial charge in [-0.05, 0) is 11.4 Å². The molecule has 1 saturated heterocycles. The van der Waals surface area contributed by atoms with Crippen molar-refractivity contribution in [1.29, 1.82) is 0 Å². The van der Waals surface area contributed by atoms with Gasteiger partial charge in [0, 0.05) is 13.0 Å². The molecule has 6 nitrogen and oxygen atoms in total. The van der Waals surface area contributed by atoms with E-state index in [1.807, 2.05) is 4.72 Å². The highest BCUT2D eigenvalue weighted by Crippen LogP contribution is 2.38. The van der Waals surface area contributed by atoms with Crippen molar-refractivity contribution in [2.24, 2.45) is 0 Å². The molecule has 11 heteroatoms. The first-order valence-corrected chi connectivity index (χ1v) is 7.95. The molecular weight excluding hydrogens is 335 g/mol. The van der Waals surface area contributed by atoms with E-state index in [-0.39, 0.29) is 24.4 Å². The normalized spacial score (nSPS) is 23.4. The Hall–Kier alpha value is -1.17. The molecule has 0 aliphatic carbocycles. The van der Waals surface area contributed by atoms with Crippen molar-refractivity contribution >= 4 is 27.3 Å². The average molecular weight is 345 g/mol. The third-order valence-electron chi connectivity index (χ3n) is 2.94. The van der Waals surface area contributed by atoms with Gasteiger partial charge in [0.2, 0.25) is 10.0 Å². The van der Waals surface area contributed by atoms with Crippen molar-refractivity contribution in [3.8, 4) is 0 Å². The molecule has 0 spiro atoms. The van der Waals surface area contributed by atoms with E-state index in [9.17, 15) is 26.4 Å². The first kappa shape index (κ1) is 16.2. The Morgan fingerprint density at radius 2 is 2.14 bits per heavy atom. The Balaban J connectivity index is 2.40. The lowest BCUT2D eigenvalue weighted by Gasteiger charge is -2.23. The maximum absolute atomic E-state index is 12.8. The van der Waals surface area contributed by atoms with Crippen LogP contribution in [-0.4, -0.2) is 38.2 Å². The second kappa shape index (κ2) is 5.23. The van der Waals surface area contributed by atoms with Crippen LogP contribution in [0.25, 0.3) is 0 Å². The maximum atomic E-state index is 12.8. The number of carboxylic acid groups (broad SMARTS) is 1. The molecule has 1 aliphatic heterocycles. The van der Waals surface area contributed by atoms with E-state index in [4.69, 9.17) is 9.84 Å². The molecule has 0 amide bonds. The molecule has 0 saturated carbocycles. The van der Waals surface area contributed by atoms with Crippen LogP contribution in [-0.2, 0) is 25.7 Å². The van der Waals surface area contributed by atoms with Gasteiger partial charge in [-0.25, -0.2) is 8.42 Å². The number of hydrogen-bond acceptors (Lipinski definition) is 5. The molecule has 0 radical (unpaired) electrons. The van der Waals surface area contributed by atoms with E-state index in [2.05, 4.69) is 0 Å². The summed E-state index contributed by atoms with van der Waals surface area (Å²) in [7, 11) is -4.64. The van der Waals surface area contributed by atoms with Crippen LogP contribution in [0.2, 0.25) is 0 Å². The highest BCUT2D eigenvalue weighted by molar-refractivity contribution is 7.89. The summed E-state index contributed by atoms with van der Waals surface area (Å²) < 4.78 is 69.2. The van der Waals surface area contributed by atoms with Gasteiger partial charge in [-0.15, -0.1) is 11.3 Å². The van der Waals surface area contributed by atoms with Crippen molar-refractivity contribution in [3.05, 3.63) is 16.3 Å². The second-order valence-corrected chi connectivity index (χ2v) is 6.97. The second-order valence-electron chi connectivity index (χ2n) is 4.41. The fraction of sp³-hybridized carbons (Fsp3) is 0.500. The summed E-state index contributed by atoms with van der Waals surface area (Å²) >= 11 is 0.226. The predicted molar refractivity (Wildman–Crippen MR) is 65.4 cm³/mol. The molecule has 1 fully saturated rings. The van der Waals surface area contributed by atoms with E-state index in [1.54, 1.807) is 0 Å². The highest BCUT2D eigenvalue weighted by Gasteiger charge is 2.48. The molecule has 0 aromatic carbocycles. The maximum Gasteiger partial charge on any atom is 0.426 e. The molecule has 2 rings (SSSR count). The SMILES string of the molecule is O=C(O)C1(NS(=O)(=O)c2ccsc2C(F)(F)F)CCOC1. The number of carboxylic acids is 1. The number of sulfonamides is 1. The molecule has 1 atom stereocenters. The molecule has 2 N–H and O–H groups in total. The van der Waals surface area contributed by atoms with Gasteiger partial charge in [0.25, 0.3) is 0 Å². The van der Waals surface area contributed by atoms with Gasteiger partial charge in [-0.1, -0.05) is 0 Å². The molecule has 118 valence electrons. The minimum Gasteiger partial charge on any atom is -0.480 e. The van der Waals surface area contributed by atoms with Crippen LogP contribution < -0.4 is 4.72 Å². The lowest BCUT2D eigenvalue weighted by Crippen LogP contribution is -2.55. The van der Waals surface area contributed by atoms with Crippen LogP contribution in [0.4, 0.5) is 13.2 Å². The summed E-state index contributed by atoms with van der Waals surface area (Å²) in [6, 6.07) is 0.793. The van der Waals surface area contributed by atoms with Crippen molar-refractivity contribution in [2.45, 2.75) is 23.0 Å². The number of aliphatic carboxylic acids is 1. The van der Waals surface area contributed by atoms with E-state index < -0.39 is 44.1 Å². The first-order valence-electron chi connectivity index (χ1n) is 5.58. The number of alkyl halides is 3. The molecule has 1 aliphatic rings. The number of carbonyl (C=O) groups is 1. The van der Waals surface area contributed by atoms with Crippen molar-refractivity contribution < 1.29 is 36.2 Å². The van der Waals surface area contributed by atoms with E-state index >= 15 is 0 Å². The summed E-state index contributed by atoms with van der Waals surface area (Å²) in [6.07, 6.45) is -4.99. The monoisotopic (exact) mass is 345 g/mol. The van der Waals surface area contributed by atoms with E-state index in [1.165, 1.54) is 0 Å². The predicted octanol–water partition coefficient (Wildman–Crippen LogP) is 1.29. The zero-order chi connectivity index (χ0) is 15.9. The standard InChI is InChI=1S/C10H10F3NO5S2/c11-10(12,13)7-6(1-4-20-7)21(17,18)14-9(8(15)16)2-3-19-5-9/h1,4,14H,2-3,5H2,(H,15,16). The lowest BCUT2D eigenvalue weighted by atomic mass is 10.0. The van der Waals surface area contributed by atoms with Crippen molar-refractivity contribution in [3.63, 3.8) is 0 Å². The number of ether oxygens (including phenoxy) is 1. The summed E-state index contributed by atoms with van der Waals surface area (Å²) in [5.41, 5.74) is -1.94. The van der Waals surface area contributed by atoms with E-state index in [0.29, 0.717) is 0 Å². The largest absolute Gasteiger partial charge is 0.480 e. The fourth-order valence-electron chi connectivity index (χ4n) is 1.89. The summed E-state index contributed by atoms with van der Waals surface area (Å²) in [4.78, 5) is 8.95. The molecular formula is C10H10F3NO5S2. The molecule has 1 aromatic rings. The minimum absolute atomic E-state index is 0.00455. The van der Waals surface area contributed by atoms with Gasteiger partial charge in [0.15, 0.2) is 5.54 Å². The summed E-state index contributed by atoms with van der Waals surface area (Å²) in [6.45, 7) is -0.433. The fourth-order valence-corrected chi connectivity index (χ4v) is 4.58. The lowest BCUT2D eigenvalue weighted by molar-refractivity contribution is -0.144. The quantitative estimate of drug-likeness (QED) is 0.858. The van der Waals surface area contributed by atoms with Crippen LogP contribution in [0.1, 0.15) is 11.3 Å². The number of rotatable bonds is 4. The topological polar surface area (TPSA) is 92.7 Å². The number of hydrogen-bond donors (Lipinski definition) is 2. The molecule has 2 heterocycles.